The smallest absolute Gasteiger partial charge is 0.136 e. The van der Waals surface area contributed by atoms with Gasteiger partial charge < -0.3 is 15.3 Å². The first-order valence-electron chi connectivity index (χ1n) is 7.32. The van der Waals surface area contributed by atoms with Gasteiger partial charge in [0.25, 0.3) is 0 Å². The lowest BCUT2D eigenvalue weighted by atomic mass is 10.3. The van der Waals surface area contributed by atoms with Gasteiger partial charge in [0.15, 0.2) is 0 Å². The van der Waals surface area contributed by atoms with E-state index >= 15 is 0 Å². The van der Waals surface area contributed by atoms with Gasteiger partial charge in [-0.15, -0.1) is 0 Å². The zero-order valence-corrected chi connectivity index (χ0v) is 11.5. The highest BCUT2D eigenvalue weighted by Crippen LogP contribution is 2.39. The lowest BCUT2D eigenvalue weighted by Crippen LogP contribution is -2.23. The molecule has 1 unspecified atom stereocenters. The first kappa shape index (κ1) is 12.7. The largest absolute Gasteiger partial charge is 0.391 e. The van der Waals surface area contributed by atoms with Gasteiger partial charge in [0.2, 0.25) is 0 Å². The van der Waals surface area contributed by atoms with Crippen LogP contribution in [0.15, 0.2) is 6.07 Å². The fourth-order valence-corrected chi connectivity index (χ4v) is 2.43. The van der Waals surface area contributed by atoms with E-state index in [2.05, 4.69) is 27.1 Å². The molecule has 1 saturated carbocycles. The van der Waals surface area contributed by atoms with E-state index in [1.165, 1.54) is 12.8 Å². The van der Waals surface area contributed by atoms with Crippen LogP contribution in [0.4, 0.5) is 11.6 Å². The molecule has 1 aromatic rings. The summed E-state index contributed by atoms with van der Waals surface area (Å²) in [4.78, 5) is 11.5. The number of anilines is 2. The van der Waals surface area contributed by atoms with Crippen LogP contribution >= 0.6 is 0 Å². The molecule has 2 fully saturated rings. The lowest BCUT2D eigenvalue weighted by Gasteiger charge is -2.18. The van der Waals surface area contributed by atoms with Crippen LogP contribution in [-0.4, -0.2) is 40.8 Å². The Hall–Kier alpha value is -1.36. The number of rotatable bonds is 5. The molecule has 1 aromatic heterocycles. The van der Waals surface area contributed by atoms with Crippen molar-refractivity contribution in [1.29, 1.82) is 0 Å². The van der Waals surface area contributed by atoms with Crippen molar-refractivity contribution in [3.8, 4) is 0 Å². The molecule has 0 aromatic carbocycles. The first-order valence-corrected chi connectivity index (χ1v) is 7.32. The Morgan fingerprint density at radius 1 is 1.37 bits per heavy atom. The van der Waals surface area contributed by atoms with E-state index in [1.54, 1.807) is 0 Å². The molecule has 0 amide bonds. The van der Waals surface area contributed by atoms with E-state index < -0.39 is 0 Å². The van der Waals surface area contributed by atoms with Crippen molar-refractivity contribution in [2.75, 3.05) is 29.9 Å². The van der Waals surface area contributed by atoms with Gasteiger partial charge in [0.1, 0.15) is 17.5 Å². The number of nitrogens with zero attached hydrogens (tertiary/aromatic N) is 3. The third-order valence-corrected chi connectivity index (χ3v) is 3.72. The molecule has 1 aliphatic heterocycles. The van der Waals surface area contributed by atoms with Gasteiger partial charge >= 0.3 is 0 Å². The SMILES string of the molecule is CCCNc1cc(N2CCC(O)C2)nc(C2CC2)n1. The fourth-order valence-electron chi connectivity index (χ4n) is 2.43. The van der Waals surface area contributed by atoms with Crippen molar-refractivity contribution in [3.05, 3.63) is 11.9 Å². The summed E-state index contributed by atoms with van der Waals surface area (Å²) in [6, 6.07) is 2.01. The van der Waals surface area contributed by atoms with Crippen molar-refractivity contribution in [1.82, 2.24) is 9.97 Å². The number of aliphatic hydroxyl groups excluding tert-OH is 1. The van der Waals surface area contributed by atoms with Crippen LogP contribution in [0.25, 0.3) is 0 Å². The summed E-state index contributed by atoms with van der Waals surface area (Å²) >= 11 is 0. The van der Waals surface area contributed by atoms with Gasteiger partial charge in [-0.1, -0.05) is 6.92 Å². The monoisotopic (exact) mass is 262 g/mol. The van der Waals surface area contributed by atoms with Crippen molar-refractivity contribution >= 4 is 11.6 Å². The molecule has 104 valence electrons. The normalized spacial score (nSPS) is 22.8. The molecule has 5 nitrogen and oxygen atoms in total. The maximum Gasteiger partial charge on any atom is 0.136 e. The Morgan fingerprint density at radius 3 is 2.84 bits per heavy atom. The zero-order valence-electron chi connectivity index (χ0n) is 11.5. The van der Waals surface area contributed by atoms with Crippen LogP contribution in [0.2, 0.25) is 0 Å². The standard InChI is InChI=1S/C14H22N4O/c1-2-6-15-12-8-13(18-7-5-11(19)9-18)17-14(16-12)10-3-4-10/h8,10-11,19H,2-7,9H2,1H3,(H,15,16,17). The Labute approximate surface area is 114 Å². The van der Waals surface area contributed by atoms with Crippen LogP contribution in [0.1, 0.15) is 44.3 Å². The maximum absolute atomic E-state index is 9.66. The van der Waals surface area contributed by atoms with Gasteiger partial charge in [0.05, 0.1) is 6.10 Å². The minimum Gasteiger partial charge on any atom is -0.391 e. The average Bonchev–Trinajstić information content (AvgIpc) is 3.18. The molecular weight excluding hydrogens is 240 g/mol. The molecule has 5 heteroatoms. The topological polar surface area (TPSA) is 61.3 Å². The minimum atomic E-state index is -0.216. The average molecular weight is 262 g/mol. The molecule has 19 heavy (non-hydrogen) atoms. The van der Waals surface area contributed by atoms with Crippen molar-refractivity contribution in [2.24, 2.45) is 0 Å². The predicted molar refractivity (Wildman–Crippen MR) is 75.6 cm³/mol. The van der Waals surface area contributed by atoms with E-state index in [4.69, 9.17) is 0 Å². The van der Waals surface area contributed by atoms with Gasteiger partial charge in [-0.25, -0.2) is 9.97 Å². The molecule has 1 saturated heterocycles. The number of aromatic nitrogens is 2. The summed E-state index contributed by atoms with van der Waals surface area (Å²) in [6.45, 7) is 4.65. The maximum atomic E-state index is 9.66. The molecule has 2 N–H and O–H groups in total. The van der Waals surface area contributed by atoms with Gasteiger partial charge in [-0.05, 0) is 25.7 Å². The van der Waals surface area contributed by atoms with Gasteiger partial charge in [-0.2, -0.15) is 0 Å². The van der Waals surface area contributed by atoms with E-state index in [-0.39, 0.29) is 6.10 Å². The third kappa shape index (κ3) is 2.97. The van der Waals surface area contributed by atoms with Gasteiger partial charge in [-0.3, -0.25) is 0 Å². The summed E-state index contributed by atoms with van der Waals surface area (Å²) in [6.07, 6.45) is 4.12. The molecule has 0 radical (unpaired) electrons. The second-order valence-corrected chi connectivity index (χ2v) is 5.56. The van der Waals surface area contributed by atoms with Crippen LogP contribution in [-0.2, 0) is 0 Å². The molecule has 1 atom stereocenters. The number of hydrogen-bond donors (Lipinski definition) is 2. The van der Waals surface area contributed by atoms with Crippen molar-refractivity contribution < 1.29 is 5.11 Å². The number of β-amino-alcohol motifs (C(OH)–C–C–N with tert-alkyl or cyclic N) is 1. The molecule has 3 rings (SSSR count). The summed E-state index contributed by atoms with van der Waals surface area (Å²) in [5.41, 5.74) is 0. The zero-order chi connectivity index (χ0) is 13.2. The second kappa shape index (κ2) is 5.33. The predicted octanol–water partition coefficient (Wildman–Crippen LogP) is 1.75. The first-order chi connectivity index (χ1) is 9.26. The summed E-state index contributed by atoms with van der Waals surface area (Å²) in [7, 11) is 0. The number of hydrogen-bond acceptors (Lipinski definition) is 5. The Kier molecular flexibility index (Phi) is 3.55. The Balaban J connectivity index is 1.82. The Bertz CT molecular complexity index is 447. The van der Waals surface area contributed by atoms with E-state index in [0.29, 0.717) is 12.5 Å². The lowest BCUT2D eigenvalue weighted by molar-refractivity contribution is 0.198. The highest BCUT2D eigenvalue weighted by atomic mass is 16.3. The molecule has 2 heterocycles. The van der Waals surface area contributed by atoms with Crippen LogP contribution in [0.3, 0.4) is 0 Å². The molecule has 0 bridgehead atoms. The summed E-state index contributed by atoms with van der Waals surface area (Å²) in [5.74, 6) is 3.41. The molecule has 0 spiro atoms. The number of aliphatic hydroxyl groups is 1. The summed E-state index contributed by atoms with van der Waals surface area (Å²) in [5, 5.41) is 13.0. The quantitative estimate of drug-likeness (QED) is 0.846. The van der Waals surface area contributed by atoms with Gasteiger partial charge in [0, 0.05) is 31.6 Å². The third-order valence-electron chi connectivity index (χ3n) is 3.72. The van der Waals surface area contributed by atoms with Crippen molar-refractivity contribution in [3.63, 3.8) is 0 Å². The van der Waals surface area contributed by atoms with Crippen molar-refractivity contribution in [2.45, 2.75) is 44.6 Å². The van der Waals surface area contributed by atoms with E-state index in [1.807, 2.05) is 6.07 Å². The Morgan fingerprint density at radius 2 is 2.21 bits per heavy atom. The van der Waals surface area contributed by atoms with E-state index in [0.717, 1.165) is 43.4 Å². The molecule has 1 aliphatic carbocycles. The summed E-state index contributed by atoms with van der Waals surface area (Å²) < 4.78 is 0. The highest BCUT2D eigenvalue weighted by molar-refractivity contribution is 5.50. The van der Waals surface area contributed by atoms with Crippen LogP contribution in [0.5, 0.6) is 0 Å². The fraction of sp³-hybridized carbons (Fsp3) is 0.714. The van der Waals surface area contributed by atoms with Crippen LogP contribution < -0.4 is 10.2 Å². The van der Waals surface area contributed by atoms with E-state index in [9.17, 15) is 5.11 Å². The molecule has 2 aliphatic rings. The minimum absolute atomic E-state index is 0.216. The number of nitrogens with one attached hydrogen (secondary N) is 1. The highest BCUT2D eigenvalue weighted by Gasteiger charge is 2.29. The molecular formula is C14H22N4O. The second-order valence-electron chi connectivity index (χ2n) is 5.56. The van der Waals surface area contributed by atoms with Crippen LogP contribution in [0, 0.1) is 0 Å².